The van der Waals surface area contributed by atoms with Gasteiger partial charge in [-0.1, -0.05) is 65.7 Å². The Morgan fingerprint density at radius 1 is 0.680 bits per heavy atom. The lowest BCUT2D eigenvalue weighted by Gasteiger charge is -2.03. The van der Waals surface area contributed by atoms with Gasteiger partial charge in [0.2, 0.25) is 0 Å². The maximum Gasteiger partial charge on any atom is 0.101 e. The molecule has 0 bridgehead atoms. The van der Waals surface area contributed by atoms with Crippen molar-refractivity contribution in [1.29, 1.82) is 0 Å². The van der Waals surface area contributed by atoms with Crippen LogP contribution in [0.5, 0.6) is 0 Å². The fraction of sp³-hybridized carbons (Fsp3) is 0. The number of nitrogens with zero attached hydrogens (tertiary/aromatic N) is 2. The first kappa shape index (κ1) is 15.9. The summed E-state index contributed by atoms with van der Waals surface area (Å²) in [5.41, 5.74) is 4.99. The van der Waals surface area contributed by atoms with E-state index in [0.29, 0.717) is 10.0 Å². The van der Waals surface area contributed by atoms with E-state index in [4.69, 9.17) is 28.3 Å². The van der Waals surface area contributed by atoms with Crippen LogP contribution in [0.25, 0.3) is 28.1 Å². The van der Waals surface area contributed by atoms with Gasteiger partial charge in [-0.3, -0.25) is 0 Å². The summed E-state index contributed by atoms with van der Waals surface area (Å²) >= 11 is 12.2. The van der Waals surface area contributed by atoms with Crippen LogP contribution in [0.1, 0.15) is 0 Å². The van der Waals surface area contributed by atoms with E-state index in [9.17, 15) is 0 Å². The van der Waals surface area contributed by atoms with E-state index in [1.54, 1.807) is 0 Å². The van der Waals surface area contributed by atoms with Crippen molar-refractivity contribution in [2.24, 2.45) is 0 Å². The lowest BCUT2D eigenvalue weighted by atomic mass is 10.0. The van der Waals surface area contributed by atoms with E-state index in [1.165, 1.54) is 0 Å². The van der Waals surface area contributed by atoms with E-state index < -0.39 is 0 Å². The fourth-order valence-corrected chi connectivity index (χ4v) is 3.09. The van der Waals surface area contributed by atoms with E-state index in [0.717, 1.165) is 28.1 Å². The number of aromatic nitrogens is 2. The Labute approximate surface area is 156 Å². The minimum Gasteiger partial charge on any atom is -0.240 e. The summed E-state index contributed by atoms with van der Waals surface area (Å²) in [7, 11) is 0. The molecule has 0 radical (unpaired) electrons. The fourth-order valence-electron chi connectivity index (χ4n) is 2.78. The summed E-state index contributed by atoms with van der Waals surface area (Å²) < 4.78 is 1.87. The van der Waals surface area contributed by atoms with Crippen LogP contribution in [0.15, 0.2) is 85.1 Å². The molecule has 0 aliphatic carbocycles. The van der Waals surface area contributed by atoms with Crippen LogP contribution in [0.3, 0.4) is 0 Å². The predicted molar refractivity (Wildman–Crippen MR) is 104 cm³/mol. The van der Waals surface area contributed by atoms with Crippen LogP contribution in [0.4, 0.5) is 0 Å². The second-order valence-electron chi connectivity index (χ2n) is 5.69. The van der Waals surface area contributed by atoms with Crippen LogP contribution in [0, 0.1) is 0 Å². The third kappa shape index (κ3) is 3.32. The van der Waals surface area contributed by atoms with Crippen molar-refractivity contribution in [3.63, 3.8) is 0 Å². The van der Waals surface area contributed by atoms with Crippen molar-refractivity contribution in [3.8, 4) is 28.1 Å². The molecule has 0 aliphatic heterocycles. The highest BCUT2D eigenvalue weighted by Gasteiger charge is 2.14. The minimum absolute atomic E-state index is 0.692. The van der Waals surface area contributed by atoms with Gasteiger partial charge in [0.1, 0.15) is 5.69 Å². The molecule has 0 fully saturated rings. The van der Waals surface area contributed by atoms with E-state index in [-0.39, 0.29) is 0 Å². The first-order valence-electron chi connectivity index (χ1n) is 7.88. The van der Waals surface area contributed by atoms with Crippen molar-refractivity contribution in [1.82, 2.24) is 9.78 Å². The van der Waals surface area contributed by atoms with E-state index in [2.05, 4.69) is 12.1 Å². The summed E-state index contributed by atoms with van der Waals surface area (Å²) in [5.74, 6) is 0. The topological polar surface area (TPSA) is 17.8 Å². The molecule has 2 nitrogen and oxygen atoms in total. The molecular formula is C21H14Cl2N2. The quantitative estimate of drug-likeness (QED) is 0.404. The largest absolute Gasteiger partial charge is 0.240 e. The van der Waals surface area contributed by atoms with Gasteiger partial charge in [-0.15, -0.1) is 0 Å². The van der Waals surface area contributed by atoms with Crippen LogP contribution < -0.4 is 0 Å². The van der Waals surface area contributed by atoms with Crippen LogP contribution in [0.2, 0.25) is 10.0 Å². The smallest absolute Gasteiger partial charge is 0.101 e. The third-order valence-electron chi connectivity index (χ3n) is 3.99. The Morgan fingerprint density at radius 2 is 1.40 bits per heavy atom. The van der Waals surface area contributed by atoms with Gasteiger partial charge in [0.25, 0.3) is 0 Å². The minimum atomic E-state index is 0.692. The highest BCUT2D eigenvalue weighted by molar-refractivity contribution is 6.31. The zero-order chi connectivity index (χ0) is 17.2. The normalized spacial score (nSPS) is 10.8. The van der Waals surface area contributed by atoms with Gasteiger partial charge in [0, 0.05) is 27.4 Å². The summed E-state index contributed by atoms with van der Waals surface area (Å²) in [6.45, 7) is 0. The molecule has 4 aromatic rings. The molecule has 0 atom stereocenters. The zero-order valence-corrected chi connectivity index (χ0v) is 14.7. The van der Waals surface area contributed by atoms with Crippen molar-refractivity contribution >= 4 is 23.2 Å². The van der Waals surface area contributed by atoms with E-state index in [1.807, 2.05) is 77.6 Å². The van der Waals surface area contributed by atoms with Crippen molar-refractivity contribution in [3.05, 3.63) is 95.1 Å². The summed E-state index contributed by atoms with van der Waals surface area (Å²) in [6.07, 6.45) is 2.04. The molecule has 0 N–H and O–H groups in total. The molecule has 122 valence electrons. The molecule has 0 amide bonds. The Bertz CT molecular complexity index is 1010. The average Bonchev–Trinajstić information content (AvgIpc) is 3.08. The Hall–Kier alpha value is -2.55. The van der Waals surface area contributed by atoms with Crippen LogP contribution in [-0.2, 0) is 0 Å². The van der Waals surface area contributed by atoms with Gasteiger partial charge in [-0.2, -0.15) is 5.10 Å². The first-order valence-corrected chi connectivity index (χ1v) is 8.63. The molecule has 0 aliphatic rings. The monoisotopic (exact) mass is 364 g/mol. The molecule has 0 spiro atoms. The molecule has 4 rings (SSSR count). The van der Waals surface area contributed by atoms with E-state index >= 15 is 0 Å². The third-order valence-corrected chi connectivity index (χ3v) is 4.48. The molecular weight excluding hydrogens is 351 g/mol. The Morgan fingerprint density at radius 3 is 2.12 bits per heavy atom. The molecule has 0 unspecified atom stereocenters. The highest BCUT2D eigenvalue weighted by atomic mass is 35.5. The molecule has 0 saturated heterocycles. The van der Waals surface area contributed by atoms with Gasteiger partial charge >= 0.3 is 0 Å². The van der Waals surface area contributed by atoms with Crippen molar-refractivity contribution < 1.29 is 0 Å². The maximum atomic E-state index is 6.19. The number of hydrogen-bond donors (Lipinski definition) is 0. The van der Waals surface area contributed by atoms with Gasteiger partial charge in [0.15, 0.2) is 0 Å². The molecule has 25 heavy (non-hydrogen) atoms. The van der Waals surface area contributed by atoms with Gasteiger partial charge in [0.05, 0.1) is 5.69 Å². The molecule has 1 aromatic heterocycles. The second-order valence-corrected chi connectivity index (χ2v) is 6.56. The summed E-state index contributed by atoms with van der Waals surface area (Å²) in [4.78, 5) is 0. The van der Waals surface area contributed by atoms with Crippen LogP contribution >= 0.6 is 23.2 Å². The molecule has 1 heterocycles. The SMILES string of the molecule is Clc1ccc(-n2cc(-c3ccccc3)c(-c3cccc(Cl)c3)n2)cc1. The van der Waals surface area contributed by atoms with Gasteiger partial charge < -0.3 is 0 Å². The summed E-state index contributed by atoms with van der Waals surface area (Å²) in [6, 6.07) is 25.6. The van der Waals surface area contributed by atoms with Crippen molar-refractivity contribution in [2.45, 2.75) is 0 Å². The second kappa shape index (κ2) is 6.75. The van der Waals surface area contributed by atoms with Crippen LogP contribution in [-0.4, -0.2) is 9.78 Å². The number of hydrogen-bond acceptors (Lipinski definition) is 1. The Kier molecular flexibility index (Phi) is 4.31. The highest BCUT2D eigenvalue weighted by Crippen LogP contribution is 2.33. The molecule has 3 aromatic carbocycles. The Balaban J connectivity index is 1.90. The first-order chi connectivity index (χ1) is 12.2. The zero-order valence-electron chi connectivity index (χ0n) is 13.2. The summed E-state index contributed by atoms with van der Waals surface area (Å²) in [5, 5.41) is 6.21. The number of rotatable bonds is 3. The maximum absolute atomic E-state index is 6.19. The molecule has 4 heteroatoms. The standard InChI is InChI=1S/C21H14Cl2N2/c22-17-9-11-19(12-10-17)25-14-20(15-5-2-1-3-6-15)21(24-25)16-7-4-8-18(23)13-16/h1-14H. The predicted octanol–water partition coefficient (Wildman–Crippen LogP) is 6.51. The lowest BCUT2D eigenvalue weighted by molar-refractivity contribution is 0.884. The van der Waals surface area contributed by atoms with Gasteiger partial charge in [-0.25, -0.2) is 4.68 Å². The van der Waals surface area contributed by atoms with Gasteiger partial charge in [-0.05, 0) is 42.0 Å². The number of benzene rings is 3. The average molecular weight is 365 g/mol. The molecule has 0 saturated carbocycles. The van der Waals surface area contributed by atoms with Crippen molar-refractivity contribution in [2.75, 3.05) is 0 Å². The lowest BCUT2D eigenvalue weighted by Crippen LogP contribution is -1.94. The number of halogens is 2.